The van der Waals surface area contributed by atoms with Gasteiger partial charge in [-0.15, -0.1) is 0 Å². The summed E-state index contributed by atoms with van der Waals surface area (Å²) in [5.41, 5.74) is 0.543. The summed E-state index contributed by atoms with van der Waals surface area (Å²) in [5, 5.41) is -0.508. The molecule has 0 spiro atoms. The highest BCUT2D eigenvalue weighted by atomic mass is 32.2. The van der Waals surface area contributed by atoms with Crippen LogP contribution in [0.25, 0.3) is 0 Å². The van der Waals surface area contributed by atoms with E-state index in [1.54, 1.807) is 18.2 Å². The molecular weight excluding hydrogens is 281 g/mol. The first kappa shape index (κ1) is 15.4. The minimum absolute atomic E-state index is 0.215. The number of halogens is 1. The molecule has 0 aliphatic carbocycles. The van der Waals surface area contributed by atoms with E-state index in [2.05, 4.69) is 0 Å². The summed E-state index contributed by atoms with van der Waals surface area (Å²) >= 11 is 0. The molecular formula is C14H20FNO3S. The topological polar surface area (TPSA) is 46.6 Å². The Morgan fingerprint density at radius 2 is 2.05 bits per heavy atom. The fourth-order valence-corrected chi connectivity index (χ4v) is 4.17. The number of nitrogens with zero attached hydrogens (tertiary/aromatic N) is 1. The third-order valence-corrected chi connectivity index (χ3v) is 6.14. The van der Waals surface area contributed by atoms with Crippen molar-refractivity contribution in [2.24, 2.45) is 5.92 Å². The molecule has 20 heavy (non-hydrogen) atoms. The summed E-state index contributed by atoms with van der Waals surface area (Å²) < 4.78 is 45.1. The van der Waals surface area contributed by atoms with Crippen LogP contribution in [-0.2, 0) is 21.2 Å². The van der Waals surface area contributed by atoms with Gasteiger partial charge in [-0.05, 0) is 24.5 Å². The Hall–Kier alpha value is -0.980. The molecule has 1 saturated heterocycles. The van der Waals surface area contributed by atoms with Crippen LogP contribution in [0.5, 0.6) is 0 Å². The number of hydrogen-bond donors (Lipinski definition) is 0. The monoisotopic (exact) mass is 301 g/mol. The Balaban J connectivity index is 2.22. The van der Waals surface area contributed by atoms with Crippen molar-refractivity contribution in [2.75, 3.05) is 27.3 Å². The van der Waals surface area contributed by atoms with Crippen LogP contribution in [0, 0.1) is 11.7 Å². The van der Waals surface area contributed by atoms with E-state index in [1.807, 2.05) is 0 Å². The molecule has 1 heterocycles. The molecule has 0 aromatic heterocycles. The van der Waals surface area contributed by atoms with Crippen molar-refractivity contribution in [2.45, 2.75) is 18.1 Å². The van der Waals surface area contributed by atoms with Gasteiger partial charge < -0.3 is 4.74 Å². The molecule has 0 bridgehead atoms. The van der Waals surface area contributed by atoms with Gasteiger partial charge in [0.2, 0.25) is 10.0 Å². The Morgan fingerprint density at radius 3 is 2.70 bits per heavy atom. The fraction of sp³-hybridized carbons (Fsp3) is 0.571. The van der Waals surface area contributed by atoms with E-state index in [0.717, 1.165) is 0 Å². The van der Waals surface area contributed by atoms with Crippen LogP contribution in [0.1, 0.15) is 12.0 Å². The van der Waals surface area contributed by atoms with Crippen molar-refractivity contribution >= 4 is 10.0 Å². The zero-order chi connectivity index (χ0) is 14.8. The van der Waals surface area contributed by atoms with Crippen LogP contribution in [-0.4, -0.2) is 45.3 Å². The van der Waals surface area contributed by atoms with Gasteiger partial charge in [0.25, 0.3) is 0 Å². The first-order chi connectivity index (χ1) is 9.43. The van der Waals surface area contributed by atoms with Gasteiger partial charge in [0.15, 0.2) is 0 Å². The predicted octanol–water partition coefficient (Wildman–Crippen LogP) is 1.66. The number of benzene rings is 1. The average molecular weight is 301 g/mol. The lowest BCUT2D eigenvalue weighted by molar-refractivity contribution is 0.0561. The minimum Gasteiger partial charge on any atom is -0.381 e. The Bertz CT molecular complexity index is 559. The number of ether oxygens (including phenoxy) is 1. The molecule has 1 aromatic rings. The van der Waals surface area contributed by atoms with E-state index < -0.39 is 15.3 Å². The summed E-state index contributed by atoms with van der Waals surface area (Å²) in [6.07, 6.45) is 0.837. The van der Waals surface area contributed by atoms with Crippen molar-refractivity contribution in [3.8, 4) is 0 Å². The average Bonchev–Trinajstić information content (AvgIpc) is 2.41. The van der Waals surface area contributed by atoms with E-state index in [9.17, 15) is 12.8 Å². The number of rotatable bonds is 4. The standard InChI is InChI=1S/C14H20FNO3S/c1-16(2)20(17,18)14-7-8-19-10-12(14)9-11-5-3-4-6-13(11)15/h3-6,12,14H,7-10H2,1-2H3/t12-,14-/m1/s1. The smallest absolute Gasteiger partial charge is 0.216 e. The van der Waals surface area contributed by atoms with Gasteiger partial charge >= 0.3 is 0 Å². The van der Waals surface area contributed by atoms with Crippen molar-refractivity contribution < 1.29 is 17.5 Å². The highest BCUT2D eigenvalue weighted by molar-refractivity contribution is 7.89. The molecule has 0 unspecified atom stereocenters. The third kappa shape index (κ3) is 3.19. The van der Waals surface area contributed by atoms with Gasteiger partial charge in [0.05, 0.1) is 11.9 Å². The van der Waals surface area contributed by atoms with Crippen molar-refractivity contribution in [3.63, 3.8) is 0 Å². The second-order valence-corrected chi connectivity index (χ2v) is 7.65. The normalized spacial score (nSPS) is 24.0. The molecule has 2 rings (SSSR count). The molecule has 2 atom stereocenters. The summed E-state index contributed by atoms with van der Waals surface area (Å²) in [6, 6.07) is 6.49. The molecule has 0 amide bonds. The Morgan fingerprint density at radius 1 is 1.35 bits per heavy atom. The largest absolute Gasteiger partial charge is 0.381 e. The van der Waals surface area contributed by atoms with Gasteiger partial charge in [-0.2, -0.15) is 0 Å². The lowest BCUT2D eigenvalue weighted by Gasteiger charge is -2.33. The van der Waals surface area contributed by atoms with Crippen LogP contribution in [0.3, 0.4) is 0 Å². The maximum absolute atomic E-state index is 13.7. The molecule has 4 nitrogen and oxygen atoms in total. The molecule has 112 valence electrons. The first-order valence-electron chi connectivity index (χ1n) is 6.65. The zero-order valence-corrected chi connectivity index (χ0v) is 12.6. The zero-order valence-electron chi connectivity index (χ0n) is 11.8. The quantitative estimate of drug-likeness (QED) is 0.850. The van der Waals surface area contributed by atoms with Crippen molar-refractivity contribution in [3.05, 3.63) is 35.6 Å². The number of sulfonamides is 1. The molecule has 1 aromatic carbocycles. The minimum atomic E-state index is -3.35. The lowest BCUT2D eigenvalue weighted by atomic mass is 9.93. The predicted molar refractivity (Wildman–Crippen MR) is 75.4 cm³/mol. The van der Waals surface area contributed by atoms with Gasteiger partial charge in [-0.3, -0.25) is 0 Å². The third-order valence-electron chi connectivity index (χ3n) is 3.74. The van der Waals surface area contributed by atoms with Crippen LogP contribution < -0.4 is 0 Å². The van der Waals surface area contributed by atoms with Crippen molar-refractivity contribution in [1.82, 2.24) is 4.31 Å². The van der Waals surface area contributed by atoms with E-state index in [-0.39, 0.29) is 11.7 Å². The Kier molecular flexibility index (Phi) is 4.78. The highest BCUT2D eigenvalue weighted by Gasteiger charge is 2.37. The van der Waals surface area contributed by atoms with Gasteiger partial charge in [-0.25, -0.2) is 17.1 Å². The summed E-state index contributed by atoms with van der Waals surface area (Å²) in [5.74, 6) is -0.507. The molecule has 6 heteroatoms. The SMILES string of the molecule is CN(C)S(=O)(=O)[C@@H]1CCOC[C@H]1Cc1ccccc1F. The number of hydrogen-bond acceptors (Lipinski definition) is 3. The molecule has 0 saturated carbocycles. The van der Waals surface area contributed by atoms with Crippen LogP contribution in [0.4, 0.5) is 4.39 Å². The van der Waals surface area contributed by atoms with Crippen LogP contribution in [0.2, 0.25) is 0 Å². The van der Waals surface area contributed by atoms with Gasteiger partial charge in [-0.1, -0.05) is 18.2 Å². The molecule has 1 aliphatic heterocycles. The van der Waals surface area contributed by atoms with E-state index >= 15 is 0 Å². The van der Waals surface area contributed by atoms with E-state index in [1.165, 1.54) is 24.5 Å². The second-order valence-electron chi connectivity index (χ2n) is 5.28. The van der Waals surface area contributed by atoms with E-state index in [0.29, 0.717) is 31.6 Å². The molecule has 0 N–H and O–H groups in total. The molecule has 0 radical (unpaired) electrons. The van der Waals surface area contributed by atoms with Crippen LogP contribution in [0.15, 0.2) is 24.3 Å². The summed E-state index contributed by atoms with van der Waals surface area (Å²) in [4.78, 5) is 0. The Labute approximate surface area is 119 Å². The van der Waals surface area contributed by atoms with Gasteiger partial charge in [0.1, 0.15) is 5.82 Å². The summed E-state index contributed by atoms with van der Waals surface area (Å²) in [6.45, 7) is 0.789. The maximum Gasteiger partial charge on any atom is 0.216 e. The maximum atomic E-state index is 13.7. The van der Waals surface area contributed by atoms with Crippen LogP contribution >= 0.6 is 0 Å². The van der Waals surface area contributed by atoms with Crippen molar-refractivity contribution in [1.29, 1.82) is 0 Å². The van der Waals surface area contributed by atoms with Gasteiger partial charge in [0, 0.05) is 26.6 Å². The second kappa shape index (κ2) is 6.20. The first-order valence-corrected chi connectivity index (χ1v) is 8.15. The summed E-state index contributed by atoms with van der Waals surface area (Å²) in [7, 11) is -0.286. The highest BCUT2D eigenvalue weighted by Crippen LogP contribution is 2.27. The lowest BCUT2D eigenvalue weighted by Crippen LogP contribution is -2.44. The molecule has 1 aliphatic rings. The van der Waals surface area contributed by atoms with E-state index in [4.69, 9.17) is 4.74 Å². The molecule has 1 fully saturated rings. The fourth-order valence-electron chi connectivity index (χ4n) is 2.58.